The fourth-order valence-electron chi connectivity index (χ4n) is 4.31. The highest BCUT2D eigenvalue weighted by atomic mass is 16.4. The van der Waals surface area contributed by atoms with Gasteiger partial charge in [-0.1, -0.05) is 45.9 Å². The lowest BCUT2D eigenvalue weighted by Gasteiger charge is -2.26. The van der Waals surface area contributed by atoms with Gasteiger partial charge in [0.2, 0.25) is 17.7 Å². The van der Waals surface area contributed by atoms with Crippen LogP contribution >= 0.6 is 0 Å². The first-order valence-electron chi connectivity index (χ1n) is 13.8. The van der Waals surface area contributed by atoms with Crippen LogP contribution in [-0.2, 0) is 25.6 Å². The zero-order chi connectivity index (χ0) is 30.7. The molecule has 13 nitrogen and oxygen atoms in total. The Bertz CT molecular complexity index is 1220. The summed E-state index contributed by atoms with van der Waals surface area (Å²) in [6.07, 6.45) is 2.52. The van der Waals surface area contributed by atoms with E-state index < -0.39 is 47.9 Å². The second kappa shape index (κ2) is 15.6. The molecule has 13 heteroatoms. The van der Waals surface area contributed by atoms with Crippen molar-refractivity contribution >= 4 is 40.6 Å². The van der Waals surface area contributed by atoms with Gasteiger partial charge in [-0.25, -0.2) is 4.79 Å². The number of carbonyl (C=O) groups is 4. The van der Waals surface area contributed by atoms with Crippen LogP contribution in [0.1, 0.15) is 52.5 Å². The summed E-state index contributed by atoms with van der Waals surface area (Å²) in [6.45, 7) is 7.63. The molecule has 226 valence electrons. The molecule has 3 amide bonds. The van der Waals surface area contributed by atoms with Crippen LogP contribution in [0.15, 0.2) is 35.5 Å². The molecule has 4 atom stereocenters. The molecule has 1 aromatic carbocycles. The van der Waals surface area contributed by atoms with Crippen molar-refractivity contribution in [1.82, 2.24) is 20.9 Å². The van der Waals surface area contributed by atoms with E-state index in [2.05, 4.69) is 25.9 Å². The summed E-state index contributed by atoms with van der Waals surface area (Å²) in [7, 11) is 0. The molecule has 4 unspecified atom stereocenters. The number of nitrogens with two attached hydrogens (primary N) is 3. The zero-order valence-corrected chi connectivity index (χ0v) is 24.1. The molecule has 0 radical (unpaired) electrons. The number of guanidine groups is 1. The molecule has 0 saturated carbocycles. The quantitative estimate of drug-likeness (QED) is 0.0791. The minimum absolute atomic E-state index is 0.0452. The molecular formula is C28H44N8O5. The largest absolute Gasteiger partial charge is 0.480 e. The van der Waals surface area contributed by atoms with E-state index in [9.17, 15) is 24.3 Å². The summed E-state index contributed by atoms with van der Waals surface area (Å²) in [5, 5.41) is 18.6. The molecule has 0 bridgehead atoms. The molecule has 0 spiro atoms. The van der Waals surface area contributed by atoms with E-state index in [0.717, 1.165) is 16.5 Å². The summed E-state index contributed by atoms with van der Waals surface area (Å²) in [5.41, 5.74) is 18.2. The van der Waals surface area contributed by atoms with Crippen molar-refractivity contribution in [2.45, 2.75) is 77.5 Å². The minimum Gasteiger partial charge on any atom is -0.480 e. The number of carbonyl (C=O) groups excluding carboxylic acids is 3. The topological polar surface area (TPSA) is 231 Å². The number of carboxylic acid groups (broad SMARTS) is 1. The molecule has 2 aromatic rings. The average molecular weight is 573 g/mol. The van der Waals surface area contributed by atoms with Crippen LogP contribution in [0.25, 0.3) is 10.9 Å². The maximum Gasteiger partial charge on any atom is 0.326 e. The number of nitrogens with one attached hydrogen (secondary N) is 4. The second-order valence-electron chi connectivity index (χ2n) is 10.9. The van der Waals surface area contributed by atoms with Crippen molar-refractivity contribution in [1.29, 1.82) is 0 Å². The molecule has 2 rings (SSSR count). The van der Waals surface area contributed by atoms with Crippen LogP contribution in [0.5, 0.6) is 0 Å². The Hall–Kier alpha value is -4.13. The lowest BCUT2D eigenvalue weighted by molar-refractivity contribution is -0.142. The van der Waals surface area contributed by atoms with Crippen molar-refractivity contribution in [3.63, 3.8) is 0 Å². The number of aromatic amines is 1. The molecule has 0 aliphatic rings. The van der Waals surface area contributed by atoms with Crippen LogP contribution in [0.3, 0.4) is 0 Å². The fourth-order valence-corrected chi connectivity index (χ4v) is 4.31. The first-order valence-corrected chi connectivity index (χ1v) is 13.8. The van der Waals surface area contributed by atoms with Crippen molar-refractivity contribution in [3.05, 3.63) is 36.0 Å². The Morgan fingerprint density at radius 1 is 0.927 bits per heavy atom. The van der Waals surface area contributed by atoms with E-state index in [0.29, 0.717) is 12.8 Å². The highest BCUT2D eigenvalue weighted by Gasteiger charge is 2.31. The number of hydrogen-bond donors (Lipinski definition) is 8. The lowest BCUT2D eigenvalue weighted by Crippen LogP contribution is -2.58. The Balaban J connectivity index is 2.31. The summed E-state index contributed by atoms with van der Waals surface area (Å²) in [4.78, 5) is 58.6. The van der Waals surface area contributed by atoms with E-state index in [4.69, 9.17) is 17.2 Å². The zero-order valence-electron chi connectivity index (χ0n) is 24.1. The second-order valence-corrected chi connectivity index (χ2v) is 10.9. The molecular weight excluding hydrogens is 528 g/mol. The molecule has 1 heterocycles. The van der Waals surface area contributed by atoms with Crippen molar-refractivity contribution in [3.8, 4) is 0 Å². The smallest absolute Gasteiger partial charge is 0.326 e. The van der Waals surface area contributed by atoms with Crippen LogP contribution < -0.4 is 33.2 Å². The van der Waals surface area contributed by atoms with Crippen LogP contribution in [-0.4, -0.2) is 70.5 Å². The van der Waals surface area contributed by atoms with Crippen molar-refractivity contribution < 1.29 is 24.3 Å². The number of aromatic nitrogens is 1. The van der Waals surface area contributed by atoms with Crippen LogP contribution in [0.2, 0.25) is 0 Å². The van der Waals surface area contributed by atoms with E-state index in [-0.39, 0.29) is 37.2 Å². The number of benzene rings is 1. The Kier molecular flexibility index (Phi) is 12.6. The number of hydrogen-bond acceptors (Lipinski definition) is 6. The predicted octanol–water partition coefficient (Wildman–Crippen LogP) is 0.332. The number of carboxylic acids is 1. The maximum absolute atomic E-state index is 13.5. The van der Waals surface area contributed by atoms with E-state index in [1.165, 1.54) is 0 Å². The van der Waals surface area contributed by atoms with Crippen LogP contribution in [0.4, 0.5) is 0 Å². The van der Waals surface area contributed by atoms with Gasteiger partial charge in [-0.05, 0) is 42.7 Å². The third-order valence-corrected chi connectivity index (χ3v) is 6.65. The number of rotatable bonds is 16. The van der Waals surface area contributed by atoms with Gasteiger partial charge < -0.3 is 43.2 Å². The Morgan fingerprint density at radius 2 is 1.54 bits per heavy atom. The molecule has 11 N–H and O–H groups in total. The first-order chi connectivity index (χ1) is 19.3. The van der Waals surface area contributed by atoms with Gasteiger partial charge >= 0.3 is 5.97 Å². The summed E-state index contributed by atoms with van der Waals surface area (Å²) in [5.74, 6) is -3.14. The molecule has 1 aromatic heterocycles. The third-order valence-electron chi connectivity index (χ3n) is 6.65. The number of H-pyrrole nitrogens is 1. The predicted molar refractivity (Wildman–Crippen MR) is 158 cm³/mol. The average Bonchev–Trinajstić information content (AvgIpc) is 3.31. The van der Waals surface area contributed by atoms with Gasteiger partial charge in [0.15, 0.2) is 5.96 Å². The monoisotopic (exact) mass is 572 g/mol. The van der Waals surface area contributed by atoms with Gasteiger partial charge in [0.1, 0.15) is 18.1 Å². The van der Waals surface area contributed by atoms with Gasteiger partial charge in [-0.3, -0.25) is 19.4 Å². The maximum atomic E-state index is 13.5. The standard InChI is InChI=1S/C28H44N8O5/c1-15(2)12-21(36-26(39)23(29)16(3)4)24(37)35-22(13-17-14-33-19-9-6-5-8-18(17)19)25(38)34-20(27(40)41)10-7-11-32-28(30)31/h5-6,8-9,14-16,20-23,33H,7,10-13,29H2,1-4H3,(H,34,38)(H,35,37)(H,36,39)(H,40,41)(H4,30,31,32). The number of nitrogens with zero attached hydrogens (tertiary/aromatic N) is 1. The normalized spacial score (nSPS) is 14.2. The van der Waals surface area contributed by atoms with E-state index >= 15 is 0 Å². The van der Waals surface area contributed by atoms with Gasteiger partial charge in [-0.15, -0.1) is 0 Å². The number of aliphatic imine (C=N–C) groups is 1. The minimum atomic E-state index is -1.23. The van der Waals surface area contributed by atoms with Gasteiger partial charge in [0.25, 0.3) is 0 Å². The third kappa shape index (κ3) is 10.4. The summed E-state index contributed by atoms with van der Waals surface area (Å²) in [6, 6.07) is 3.39. The van der Waals surface area contributed by atoms with Gasteiger partial charge in [-0.2, -0.15) is 0 Å². The van der Waals surface area contributed by atoms with Gasteiger partial charge in [0, 0.05) is 30.1 Å². The first kappa shape index (κ1) is 33.1. The summed E-state index contributed by atoms with van der Waals surface area (Å²) < 4.78 is 0. The molecule has 0 fully saturated rings. The number of para-hydroxylation sites is 1. The van der Waals surface area contributed by atoms with E-state index in [1.54, 1.807) is 20.0 Å². The highest BCUT2D eigenvalue weighted by molar-refractivity contribution is 5.95. The van der Waals surface area contributed by atoms with E-state index in [1.807, 2.05) is 38.1 Å². The number of aliphatic carboxylic acids is 1. The molecule has 41 heavy (non-hydrogen) atoms. The Labute approximate surface area is 240 Å². The highest BCUT2D eigenvalue weighted by Crippen LogP contribution is 2.19. The van der Waals surface area contributed by atoms with Crippen molar-refractivity contribution in [2.75, 3.05) is 6.54 Å². The lowest BCUT2D eigenvalue weighted by atomic mass is 9.99. The number of amides is 3. The summed E-state index contributed by atoms with van der Waals surface area (Å²) >= 11 is 0. The molecule has 0 aliphatic heterocycles. The SMILES string of the molecule is CC(C)CC(NC(=O)C(N)C(C)C)C(=O)NC(Cc1c[nH]c2ccccc12)C(=O)NC(CCCN=C(N)N)C(=O)O. The number of fused-ring (bicyclic) bond motifs is 1. The van der Waals surface area contributed by atoms with Crippen LogP contribution in [0, 0.1) is 11.8 Å². The fraction of sp³-hybridized carbons (Fsp3) is 0.536. The van der Waals surface area contributed by atoms with Gasteiger partial charge in [0.05, 0.1) is 6.04 Å². The Morgan fingerprint density at radius 3 is 2.15 bits per heavy atom. The molecule has 0 aliphatic carbocycles. The molecule has 0 saturated heterocycles. The van der Waals surface area contributed by atoms with Crippen molar-refractivity contribution in [2.24, 2.45) is 34.0 Å².